The molecule has 7 heteroatoms. The molecule has 154 valence electrons. The van der Waals surface area contributed by atoms with E-state index < -0.39 is 0 Å². The van der Waals surface area contributed by atoms with Crippen molar-refractivity contribution in [3.63, 3.8) is 0 Å². The molecule has 0 radical (unpaired) electrons. The summed E-state index contributed by atoms with van der Waals surface area (Å²) in [5.74, 6) is 1.07. The summed E-state index contributed by atoms with van der Waals surface area (Å²) in [5, 5.41) is 2.57. The first-order valence-corrected chi connectivity index (χ1v) is 11.4. The predicted octanol–water partition coefficient (Wildman–Crippen LogP) is 3.03. The Morgan fingerprint density at radius 1 is 1.00 bits per heavy atom. The molecule has 3 amide bonds. The summed E-state index contributed by atoms with van der Waals surface area (Å²) in [5.41, 5.74) is 1.38. The van der Waals surface area contributed by atoms with Crippen molar-refractivity contribution >= 4 is 29.4 Å². The highest BCUT2D eigenvalue weighted by molar-refractivity contribution is 7.99. The molecule has 3 rings (SSSR count). The third kappa shape index (κ3) is 5.64. The fourth-order valence-corrected chi connectivity index (χ4v) is 4.67. The Morgan fingerprint density at radius 2 is 1.75 bits per heavy atom. The number of carbonyl (C=O) groups excluding carboxylic acids is 2. The summed E-state index contributed by atoms with van der Waals surface area (Å²) in [4.78, 5) is 30.9. The zero-order valence-corrected chi connectivity index (χ0v) is 17.7. The first kappa shape index (κ1) is 21.0. The Morgan fingerprint density at radius 3 is 2.46 bits per heavy atom. The fraction of sp³-hybridized carbons (Fsp3) is 0.619. The lowest BCUT2D eigenvalue weighted by molar-refractivity contribution is -0.125. The Labute approximate surface area is 172 Å². The highest BCUT2D eigenvalue weighted by atomic mass is 32.2. The summed E-state index contributed by atoms with van der Waals surface area (Å²) < 4.78 is 0. The van der Waals surface area contributed by atoms with Crippen molar-refractivity contribution in [2.45, 2.75) is 37.5 Å². The number of urea groups is 1. The molecule has 0 unspecified atom stereocenters. The van der Waals surface area contributed by atoms with Gasteiger partial charge in [-0.3, -0.25) is 14.6 Å². The van der Waals surface area contributed by atoms with Gasteiger partial charge in [-0.2, -0.15) is 0 Å². The molecule has 0 atom stereocenters. The van der Waals surface area contributed by atoms with Gasteiger partial charge in [0.25, 0.3) is 0 Å². The van der Waals surface area contributed by atoms with E-state index in [1.165, 1.54) is 27.7 Å². The summed E-state index contributed by atoms with van der Waals surface area (Å²) >= 11 is 1.96. The highest BCUT2D eigenvalue weighted by Gasteiger charge is 2.27. The minimum absolute atomic E-state index is 0.0986. The van der Waals surface area contributed by atoms with Crippen molar-refractivity contribution in [2.24, 2.45) is 0 Å². The van der Waals surface area contributed by atoms with Crippen molar-refractivity contribution in [3.8, 4) is 0 Å². The van der Waals surface area contributed by atoms with Gasteiger partial charge in [-0.15, -0.1) is 11.8 Å². The molecule has 1 N–H and O–H groups in total. The van der Waals surface area contributed by atoms with Gasteiger partial charge < -0.3 is 10.2 Å². The molecule has 2 aliphatic heterocycles. The second-order valence-corrected chi connectivity index (χ2v) is 8.55. The number of carbonyl (C=O) groups is 2. The van der Waals surface area contributed by atoms with Crippen LogP contribution < -0.4 is 10.2 Å². The van der Waals surface area contributed by atoms with Gasteiger partial charge in [0.2, 0.25) is 5.91 Å². The van der Waals surface area contributed by atoms with E-state index >= 15 is 0 Å². The number of hydrogen-bond acceptors (Lipinski definition) is 5. The number of nitrogens with one attached hydrogen (secondary N) is 1. The molecular weight excluding hydrogens is 372 g/mol. The van der Waals surface area contributed by atoms with E-state index in [-0.39, 0.29) is 18.5 Å². The molecule has 2 aliphatic rings. The molecule has 28 heavy (non-hydrogen) atoms. The lowest BCUT2D eigenvalue weighted by Crippen LogP contribution is -2.46. The van der Waals surface area contributed by atoms with Crippen LogP contribution in [0.3, 0.4) is 0 Å². The molecule has 2 fully saturated rings. The molecule has 0 saturated carbocycles. The van der Waals surface area contributed by atoms with Crippen LogP contribution in [0.2, 0.25) is 0 Å². The summed E-state index contributed by atoms with van der Waals surface area (Å²) in [6.45, 7) is 8.37. The normalized spacial score (nSPS) is 18.0. The second kappa shape index (κ2) is 10.7. The van der Waals surface area contributed by atoms with E-state index in [1.807, 2.05) is 11.8 Å². The third-order valence-electron chi connectivity index (χ3n) is 5.33. The smallest absolute Gasteiger partial charge is 0.324 e. The second-order valence-electron chi connectivity index (χ2n) is 7.41. The van der Waals surface area contributed by atoms with Gasteiger partial charge in [0.1, 0.15) is 0 Å². The maximum absolute atomic E-state index is 11.6. The predicted molar refractivity (Wildman–Crippen MR) is 115 cm³/mol. The maximum Gasteiger partial charge on any atom is 0.324 e. The minimum Gasteiger partial charge on any atom is -0.368 e. The molecular formula is C21H32N4O2S. The first-order valence-electron chi connectivity index (χ1n) is 10.5. The van der Waals surface area contributed by atoms with E-state index in [0.29, 0.717) is 6.54 Å². The number of para-hydroxylation sites is 1. The number of hydrogen-bond donors (Lipinski definition) is 1. The number of anilines is 1. The Balaban J connectivity index is 1.34. The van der Waals surface area contributed by atoms with Crippen LogP contribution in [0.15, 0.2) is 29.2 Å². The van der Waals surface area contributed by atoms with Gasteiger partial charge in [-0.05, 0) is 43.7 Å². The molecule has 0 bridgehead atoms. The van der Waals surface area contributed by atoms with Gasteiger partial charge in [-0.1, -0.05) is 25.5 Å². The molecule has 6 nitrogen and oxygen atoms in total. The zero-order valence-electron chi connectivity index (χ0n) is 16.9. The van der Waals surface area contributed by atoms with Gasteiger partial charge >= 0.3 is 6.03 Å². The number of unbranched alkanes of at least 4 members (excludes halogenated alkanes) is 2. The lowest BCUT2D eigenvalue weighted by atomic mass is 10.2. The summed E-state index contributed by atoms with van der Waals surface area (Å²) in [6, 6.07) is 8.54. The summed E-state index contributed by atoms with van der Waals surface area (Å²) in [6.07, 6.45) is 4.25. The van der Waals surface area contributed by atoms with Crippen LogP contribution in [0.4, 0.5) is 10.5 Å². The topological polar surface area (TPSA) is 55.9 Å². The molecule has 1 aromatic carbocycles. The molecule has 1 aromatic rings. The minimum atomic E-state index is -0.237. The van der Waals surface area contributed by atoms with Crippen LogP contribution in [-0.4, -0.2) is 73.3 Å². The largest absolute Gasteiger partial charge is 0.368 e. The van der Waals surface area contributed by atoms with Crippen molar-refractivity contribution in [1.29, 1.82) is 0 Å². The van der Waals surface area contributed by atoms with Crippen LogP contribution in [0, 0.1) is 0 Å². The Kier molecular flexibility index (Phi) is 8.03. The Hall–Kier alpha value is -1.73. The van der Waals surface area contributed by atoms with E-state index in [1.54, 1.807) is 0 Å². The SMILES string of the molecule is CCCSc1ccccc1N1CCN(CCCCCN2C(=O)CNC2=O)CC1. The van der Waals surface area contributed by atoms with E-state index in [2.05, 4.69) is 46.3 Å². The van der Waals surface area contributed by atoms with Crippen molar-refractivity contribution in [2.75, 3.05) is 56.5 Å². The first-order chi connectivity index (χ1) is 13.7. The van der Waals surface area contributed by atoms with Crippen LogP contribution >= 0.6 is 11.8 Å². The van der Waals surface area contributed by atoms with Crippen LogP contribution in [-0.2, 0) is 4.79 Å². The standard InChI is InChI=1S/C21H32N4O2S/c1-2-16-28-19-9-5-4-8-18(19)24-14-12-23(13-15-24)10-6-3-7-11-25-20(26)17-22-21(25)27/h4-5,8-9H,2-3,6-7,10-17H2,1H3,(H,22,27). The van der Waals surface area contributed by atoms with Gasteiger partial charge in [0.05, 0.1) is 12.2 Å². The summed E-state index contributed by atoms with van der Waals surface area (Å²) in [7, 11) is 0. The monoisotopic (exact) mass is 404 g/mol. The number of rotatable bonds is 10. The number of nitrogens with zero attached hydrogens (tertiary/aromatic N) is 3. The van der Waals surface area contributed by atoms with Crippen LogP contribution in [0.1, 0.15) is 32.6 Å². The van der Waals surface area contributed by atoms with E-state index in [4.69, 9.17) is 0 Å². The average Bonchev–Trinajstić information content (AvgIpc) is 3.05. The van der Waals surface area contributed by atoms with Crippen LogP contribution in [0.5, 0.6) is 0 Å². The van der Waals surface area contributed by atoms with Gasteiger partial charge in [0.15, 0.2) is 0 Å². The molecule has 0 spiro atoms. The number of benzene rings is 1. The molecule has 2 saturated heterocycles. The third-order valence-corrected chi connectivity index (χ3v) is 6.60. The van der Waals surface area contributed by atoms with Gasteiger partial charge in [-0.25, -0.2) is 4.79 Å². The quantitative estimate of drug-likeness (QED) is 0.369. The lowest BCUT2D eigenvalue weighted by Gasteiger charge is -2.37. The molecule has 0 aromatic heterocycles. The maximum atomic E-state index is 11.6. The van der Waals surface area contributed by atoms with E-state index in [0.717, 1.165) is 52.0 Å². The number of piperazine rings is 1. The van der Waals surface area contributed by atoms with E-state index in [9.17, 15) is 9.59 Å². The van der Waals surface area contributed by atoms with Crippen molar-refractivity contribution in [1.82, 2.24) is 15.1 Å². The highest BCUT2D eigenvalue weighted by Crippen LogP contribution is 2.31. The average molecular weight is 405 g/mol. The number of amides is 3. The van der Waals surface area contributed by atoms with Crippen LogP contribution in [0.25, 0.3) is 0 Å². The fourth-order valence-electron chi connectivity index (χ4n) is 3.73. The zero-order chi connectivity index (χ0) is 19.8. The number of thioether (sulfide) groups is 1. The van der Waals surface area contributed by atoms with Gasteiger partial charge in [0, 0.05) is 37.6 Å². The number of imide groups is 1. The molecule has 2 heterocycles. The molecule has 0 aliphatic carbocycles. The Bertz CT molecular complexity index is 646. The van der Waals surface area contributed by atoms with Crippen molar-refractivity contribution < 1.29 is 9.59 Å². The van der Waals surface area contributed by atoms with Crippen molar-refractivity contribution in [3.05, 3.63) is 24.3 Å².